The minimum Gasteiger partial charge on any atom is -0.455 e. The minimum absolute atomic E-state index is 0.899. The van der Waals surface area contributed by atoms with Gasteiger partial charge in [0.2, 0.25) is 0 Å². The summed E-state index contributed by atoms with van der Waals surface area (Å²) in [5.74, 6) is 0. The molecule has 10 aromatic rings. The lowest BCUT2D eigenvalue weighted by Crippen LogP contribution is -1.92. The molecule has 0 fully saturated rings. The van der Waals surface area contributed by atoms with E-state index in [1.807, 2.05) is 0 Å². The van der Waals surface area contributed by atoms with Crippen molar-refractivity contribution in [1.82, 2.24) is 0 Å². The molecule has 0 spiro atoms. The van der Waals surface area contributed by atoms with Crippen LogP contribution in [0.1, 0.15) is 0 Å². The average molecular weight is 623 g/mol. The van der Waals surface area contributed by atoms with Crippen molar-refractivity contribution in [3.8, 4) is 44.5 Å². The van der Waals surface area contributed by atoms with Crippen LogP contribution in [0.4, 0.5) is 0 Å². The molecule has 0 N–H and O–H groups in total. The van der Waals surface area contributed by atoms with Gasteiger partial charge in [-0.2, -0.15) is 0 Å². The molecule has 10 rings (SSSR count). The number of rotatable bonds is 4. The van der Waals surface area contributed by atoms with E-state index in [1.165, 1.54) is 65.9 Å². The molecular weight excluding hydrogens is 593 g/mol. The maximum atomic E-state index is 6.85. The topological polar surface area (TPSA) is 13.1 Å². The zero-order chi connectivity index (χ0) is 32.3. The molecule has 49 heavy (non-hydrogen) atoms. The van der Waals surface area contributed by atoms with Gasteiger partial charge < -0.3 is 4.42 Å². The van der Waals surface area contributed by atoms with Crippen LogP contribution >= 0.6 is 0 Å². The van der Waals surface area contributed by atoms with Gasteiger partial charge in [-0.25, -0.2) is 0 Å². The van der Waals surface area contributed by atoms with Crippen LogP contribution in [-0.2, 0) is 0 Å². The van der Waals surface area contributed by atoms with Gasteiger partial charge >= 0.3 is 0 Å². The standard InChI is InChI=1S/C48H30O/c1-3-13-31(14-4-1)33-23-25-35(26-24-33)45-38-19-9-11-21-40(38)46(41-22-12-10-20-39(41)45)43-29-36(32-15-5-2-6-16-32)30-44-47(43)42-28-27-34-17-7-8-18-37(34)48(42)49-44/h1-30H. The summed E-state index contributed by atoms with van der Waals surface area (Å²) in [6, 6.07) is 65.7. The summed E-state index contributed by atoms with van der Waals surface area (Å²) in [5.41, 5.74) is 11.5. The molecule has 1 aromatic heterocycles. The second-order valence-electron chi connectivity index (χ2n) is 12.8. The Hall–Kier alpha value is -6.44. The van der Waals surface area contributed by atoms with Gasteiger partial charge in [0.1, 0.15) is 11.2 Å². The van der Waals surface area contributed by atoms with Gasteiger partial charge in [0.05, 0.1) is 0 Å². The second-order valence-corrected chi connectivity index (χ2v) is 12.8. The molecular formula is C48H30O. The van der Waals surface area contributed by atoms with E-state index in [1.54, 1.807) is 0 Å². The smallest absolute Gasteiger partial charge is 0.143 e. The monoisotopic (exact) mass is 622 g/mol. The quantitative estimate of drug-likeness (QED) is 0.178. The first-order valence-electron chi connectivity index (χ1n) is 16.8. The van der Waals surface area contributed by atoms with Crippen LogP contribution < -0.4 is 0 Å². The van der Waals surface area contributed by atoms with Crippen LogP contribution in [-0.4, -0.2) is 0 Å². The first-order chi connectivity index (χ1) is 24.3. The van der Waals surface area contributed by atoms with Crippen LogP contribution in [0.25, 0.3) is 98.8 Å². The lowest BCUT2D eigenvalue weighted by Gasteiger charge is -2.19. The Kier molecular flexibility index (Phi) is 6.25. The summed E-state index contributed by atoms with van der Waals surface area (Å²) in [4.78, 5) is 0. The lowest BCUT2D eigenvalue weighted by molar-refractivity contribution is 0.673. The third kappa shape index (κ3) is 4.40. The third-order valence-electron chi connectivity index (χ3n) is 10.1. The van der Waals surface area contributed by atoms with Crippen molar-refractivity contribution in [3.05, 3.63) is 182 Å². The Morgan fingerprint density at radius 3 is 1.43 bits per heavy atom. The van der Waals surface area contributed by atoms with Gasteiger partial charge in [0, 0.05) is 16.2 Å². The molecule has 0 aliphatic heterocycles. The van der Waals surface area contributed by atoms with E-state index in [0.29, 0.717) is 0 Å². The van der Waals surface area contributed by atoms with Gasteiger partial charge in [-0.15, -0.1) is 0 Å². The number of benzene rings is 9. The van der Waals surface area contributed by atoms with E-state index < -0.39 is 0 Å². The van der Waals surface area contributed by atoms with Crippen molar-refractivity contribution in [3.63, 3.8) is 0 Å². The summed E-state index contributed by atoms with van der Waals surface area (Å²) < 4.78 is 6.85. The minimum atomic E-state index is 0.899. The Balaban J connectivity index is 1.31. The predicted molar refractivity (Wildman–Crippen MR) is 208 cm³/mol. The number of fused-ring (bicyclic) bond motifs is 7. The van der Waals surface area contributed by atoms with E-state index in [4.69, 9.17) is 4.42 Å². The van der Waals surface area contributed by atoms with Crippen molar-refractivity contribution < 1.29 is 4.42 Å². The SMILES string of the molecule is c1ccc(-c2ccc(-c3c4ccccc4c(-c4cc(-c5ccccc5)cc5oc6c7ccccc7ccc6c45)c4ccccc34)cc2)cc1. The molecule has 0 bridgehead atoms. The predicted octanol–water partition coefficient (Wildman–Crippen LogP) is 13.7. The summed E-state index contributed by atoms with van der Waals surface area (Å²) >= 11 is 0. The molecule has 0 radical (unpaired) electrons. The first kappa shape index (κ1) is 27.7. The van der Waals surface area contributed by atoms with Gasteiger partial charge in [0.25, 0.3) is 0 Å². The number of hydrogen-bond donors (Lipinski definition) is 0. The molecule has 0 atom stereocenters. The molecule has 1 heterocycles. The van der Waals surface area contributed by atoms with E-state index >= 15 is 0 Å². The van der Waals surface area contributed by atoms with E-state index in [9.17, 15) is 0 Å². The van der Waals surface area contributed by atoms with Crippen LogP contribution in [0.3, 0.4) is 0 Å². The molecule has 0 amide bonds. The van der Waals surface area contributed by atoms with E-state index in [0.717, 1.165) is 32.9 Å². The van der Waals surface area contributed by atoms with Gasteiger partial charge in [-0.05, 0) is 89.6 Å². The fraction of sp³-hybridized carbons (Fsp3) is 0. The summed E-state index contributed by atoms with van der Waals surface area (Å²) in [6.45, 7) is 0. The summed E-state index contributed by atoms with van der Waals surface area (Å²) in [6.07, 6.45) is 0. The van der Waals surface area contributed by atoms with Crippen molar-refractivity contribution in [2.24, 2.45) is 0 Å². The molecule has 1 nitrogen and oxygen atoms in total. The Bertz CT molecular complexity index is 2790. The molecule has 0 unspecified atom stereocenters. The first-order valence-corrected chi connectivity index (χ1v) is 16.8. The highest BCUT2D eigenvalue weighted by molar-refractivity contribution is 6.27. The highest BCUT2D eigenvalue weighted by atomic mass is 16.3. The average Bonchev–Trinajstić information content (AvgIpc) is 3.57. The number of hydrogen-bond acceptors (Lipinski definition) is 1. The van der Waals surface area contributed by atoms with E-state index in [2.05, 4.69) is 182 Å². The van der Waals surface area contributed by atoms with Crippen molar-refractivity contribution in [1.29, 1.82) is 0 Å². The molecule has 0 saturated carbocycles. The third-order valence-corrected chi connectivity index (χ3v) is 10.1. The molecule has 1 heteroatoms. The van der Waals surface area contributed by atoms with Gasteiger partial charge in [-0.1, -0.05) is 164 Å². The fourth-order valence-electron chi connectivity index (χ4n) is 7.82. The van der Waals surface area contributed by atoms with Gasteiger partial charge in [0.15, 0.2) is 0 Å². The normalized spacial score (nSPS) is 11.7. The fourth-order valence-corrected chi connectivity index (χ4v) is 7.82. The Morgan fingerprint density at radius 1 is 0.306 bits per heavy atom. The summed E-state index contributed by atoms with van der Waals surface area (Å²) in [5, 5.41) is 9.52. The highest BCUT2D eigenvalue weighted by Gasteiger charge is 2.22. The lowest BCUT2D eigenvalue weighted by atomic mass is 9.84. The number of furan rings is 1. The molecule has 0 aliphatic carbocycles. The van der Waals surface area contributed by atoms with Crippen molar-refractivity contribution in [2.45, 2.75) is 0 Å². The summed E-state index contributed by atoms with van der Waals surface area (Å²) in [7, 11) is 0. The van der Waals surface area contributed by atoms with Crippen LogP contribution in [0.15, 0.2) is 186 Å². The maximum Gasteiger partial charge on any atom is 0.143 e. The molecule has 0 aliphatic rings. The van der Waals surface area contributed by atoms with Crippen molar-refractivity contribution >= 4 is 54.3 Å². The van der Waals surface area contributed by atoms with Crippen molar-refractivity contribution in [2.75, 3.05) is 0 Å². The largest absolute Gasteiger partial charge is 0.455 e. The zero-order valence-electron chi connectivity index (χ0n) is 26.7. The Labute approximate surface area is 284 Å². The zero-order valence-corrected chi connectivity index (χ0v) is 26.7. The van der Waals surface area contributed by atoms with Crippen LogP contribution in [0.5, 0.6) is 0 Å². The van der Waals surface area contributed by atoms with Gasteiger partial charge in [-0.3, -0.25) is 0 Å². The second kappa shape index (κ2) is 11.1. The molecule has 9 aromatic carbocycles. The molecule has 0 saturated heterocycles. The van der Waals surface area contributed by atoms with E-state index in [-0.39, 0.29) is 0 Å². The molecule has 228 valence electrons. The Morgan fingerprint density at radius 2 is 0.796 bits per heavy atom. The highest BCUT2D eigenvalue weighted by Crippen LogP contribution is 2.48. The van der Waals surface area contributed by atoms with Crippen LogP contribution in [0, 0.1) is 0 Å². The maximum absolute atomic E-state index is 6.85. The van der Waals surface area contributed by atoms with Crippen LogP contribution in [0.2, 0.25) is 0 Å².